The Balaban J connectivity index is 2.55. The summed E-state index contributed by atoms with van der Waals surface area (Å²) in [6, 6.07) is 7.77. The van der Waals surface area contributed by atoms with E-state index in [1.54, 1.807) is 0 Å². The minimum atomic E-state index is -4.23. The molecule has 0 bridgehead atoms. The van der Waals surface area contributed by atoms with E-state index < -0.39 is 21.9 Å². The second-order valence-corrected chi connectivity index (χ2v) is 7.53. The van der Waals surface area contributed by atoms with Gasteiger partial charge in [0.15, 0.2) is 0 Å². The Morgan fingerprint density at radius 2 is 1.58 bits per heavy atom. The van der Waals surface area contributed by atoms with Gasteiger partial charge in [-0.15, -0.1) is 0 Å². The highest BCUT2D eigenvalue weighted by Gasteiger charge is 2.25. The molecule has 26 heavy (non-hydrogen) atoms. The number of hydrogen-bond acceptors (Lipinski definition) is 5. The minimum Gasteiger partial charge on any atom is -0.465 e. The minimum absolute atomic E-state index is 0.000448. The standard InChI is InChI=1S/C16H14Cl2N2O5S/c1-19-15(21)11-7-9(17)3-5-13(11)20-26(23,24)14-6-4-10(18)8-12(14)16(22)25-2/h3-8,20H,1-2H3,(H,19,21). The monoisotopic (exact) mass is 416 g/mol. The van der Waals surface area contributed by atoms with Crippen molar-refractivity contribution in [3.05, 3.63) is 57.6 Å². The number of halogens is 2. The number of benzene rings is 2. The summed E-state index contributed by atoms with van der Waals surface area (Å²) in [5, 5.41) is 2.82. The number of anilines is 1. The maximum absolute atomic E-state index is 12.8. The van der Waals surface area contributed by atoms with Crippen molar-refractivity contribution < 1.29 is 22.7 Å². The van der Waals surface area contributed by atoms with Crippen LogP contribution >= 0.6 is 23.2 Å². The third-order valence-electron chi connectivity index (χ3n) is 3.33. The summed E-state index contributed by atoms with van der Waals surface area (Å²) in [6.07, 6.45) is 0. The second-order valence-electron chi connectivity index (χ2n) is 5.01. The summed E-state index contributed by atoms with van der Waals surface area (Å²) < 4.78 is 32.4. The lowest BCUT2D eigenvalue weighted by Crippen LogP contribution is -2.22. The molecule has 1 amide bonds. The molecule has 0 aliphatic heterocycles. The number of nitrogens with one attached hydrogen (secondary N) is 2. The van der Waals surface area contributed by atoms with Crippen LogP contribution in [0.25, 0.3) is 0 Å². The Labute approximate surface area is 160 Å². The highest BCUT2D eigenvalue weighted by molar-refractivity contribution is 7.92. The van der Waals surface area contributed by atoms with Gasteiger partial charge in [-0.2, -0.15) is 0 Å². The first kappa shape index (κ1) is 20.0. The number of ether oxygens (including phenoxy) is 1. The third kappa shape index (κ3) is 4.27. The van der Waals surface area contributed by atoms with Crippen LogP contribution in [-0.2, 0) is 14.8 Å². The van der Waals surface area contributed by atoms with Crippen LogP contribution in [0.3, 0.4) is 0 Å². The first-order valence-electron chi connectivity index (χ1n) is 7.12. The predicted octanol–water partition coefficient (Wildman–Crippen LogP) is 2.94. The average Bonchev–Trinajstić information content (AvgIpc) is 2.61. The molecule has 0 atom stereocenters. The van der Waals surface area contributed by atoms with Gasteiger partial charge in [-0.3, -0.25) is 9.52 Å². The van der Waals surface area contributed by atoms with E-state index in [0.717, 1.165) is 7.11 Å². The van der Waals surface area contributed by atoms with Gasteiger partial charge in [-0.05, 0) is 36.4 Å². The molecule has 0 aliphatic carbocycles. The van der Waals surface area contributed by atoms with Crippen molar-refractivity contribution in [2.75, 3.05) is 18.9 Å². The molecule has 0 saturated carbocycles. The number of methoxy groups -OCH3 is 1. The summed E-state index contributed by atoms with van der Waals surface area (Å²) in [5.74, 6) is -1.40. The van der Waals surface area contributed by atoms with Crippen molar-refractivity contribution >= 4 is 50.8 Å². The van der Waals surface area contributed by atoms with E-state index in [0.29, 0.717) is 0 Å². The number of esters is 1. The molecule has 0 heterocycles. The van der Waals surface area contributed by atoms with Crippen molar-refractivity contribution in [2.45, 2.75) is 4.90 Å². The number of rotatable bonds is 5. The molecule has 0 saturated heterocycles. The fourth-order valence-electron chi connectivity index (χ4n) is 2.13. The van der Waals surface area contributed by atoms with Crippen LogP contribution in [0.1, 0.15) is 20.7 Å². The van der Waals surface area contributed by atoms with Gasteiger partial charge in [0, 0.05) is 17.1 Å². The normalized spacial score (nSPS) is 10.9. The van der Waals surface area contributed by atoms with E-state index in [1.165, 1.54) is 43.4 Å². The van der Waals surface area contributed by atoms with Crippen LogP contribution in [-0.4, -0.2) is 34.5 Å². The van der Waals surface area contributed by atoms with Crippen LogP contribution in [0.5, 0.6) is 0 Å². The molecule has 2 N–H and O–H groups in total. The Bertz CT molecular complexity index is 977. The zero-order chi connectivity index (χ0) is 19.5. The molecule has 2 aromatic carbocycles. The van der Waals surface area contributed by atoms with Gasteiger partial charge in [0.25, 0.3) is 15.9 Å². The van der Waals surface area contributed by atoms with E-state index in [9.17, 15) is 18.0 Å². The first-order valence-corrected chi connectivity index (χ1v) is 9.36. The number of sulfonamides is 1. The SMILES string of the molecule is CNC(=O)c1cc(Cl)ccc1NS(=O)(=O)c1ccc(Cl)cc1C(=O)OC. The van der Waals surface area contributed by atoms with Crippen molar-refractivity contribution in [2.24, 2.45) is 0 Å². The average molecular weight is 417 g/mol. The molecule has 138 valence electrons. The fourth-order valence-corrected chi connectivity index (χ4v) is 3.73. The topological polar surface area (TPSA) is 102 Å². The quantitative estimate of drug-likeness (QED) is 0.729. The van der Waals surface area contributed by atoms with Gasteiger partial charge in [0.2, 0.25) is 0 Å². The number of carbonyl (C=O) groups is 2. The molecule has 0 spiro atoms. The van der Waals surface area contributed by atoms with Gasteiger partial charge >= 0.3 is 5.97 Å². The van der Waals surface area contributed by atoms with E-state index in [4.69, 9.17) is 23.2 Å². The highest BCUT2D eigenvalue weighted by Crippen LogP contribution is 2.27. The van der Waals surface area contributed by atoms with Gasteiger partial charge in [-0.25, -0.2) is 13.2 Å². The summed E-state index contributed by atoms with van der Waals surface area (Å²) in [5.41, 5.74) is -0.209. The maximum atomic E-state index is 12.8. The summed E-state index contributed by atoms with van der Waals surface area (Å²) in [6.45, 7) is 0. The number of carbonyl (C=O) groups excluding carboxylic acids is 2. The highest BCUT2D eigenvalue weighted by atomic mass is 35.5. The molecule has 2 rings (SSSR count). The van der Waals surface area contributed by atoms with E-state index in [1.807, 2.05) is 0 Å². The predicted molar refractivity (Wildman–Crippen MR) is 98.4 cm³/mol. The summed E-state index contributed by atoms with van der Waals surface area (Å²) in [7, 11) is -1.71. The molecule has 0 aromatic heterocycles. The van der Waals surface area contributed by atoms with Crippen molar-refractivity contribution in [3.63, 3.8) is 0 Å². The van der Waals surface area contributed by atoms with Crippen LogP contribution < -0.4 is 10.0 Å². The molecule has 0 unspecified atom stereocenters. The zero-order valence-electron chi connectivity index (χ0n) is 13.7. The zero-order valence-corrected chi connectivity index (χ0v) is 16.0. The Kier molecular flexibility index (Phi) is 6.12. The van der Waals surface area contributed by atoms with Crippen LogP contribution in [0.15, 0.2) is 41.3 Å². The first-order chi connectivity index (χ1) is 12.2. The molecule has 10 heteroatoms. The smallest absolute Gasteiger partial charge is 0.339 e. The number of amides is 1. The molecule has 0 fully saturated rings. The van der Waals surface area contributed by atoms with Crippen LogP contribution in [0.2, 0.25) is 10.0 Å². The molecule has 2 aromatic rings. The Hall–Kier alpha value is -2.29. The van der Waals surface area contributed by atoms with Gasteiger partial charge < -0.3 is 10.1 Å². The lowest BCUT2D eigenvalue weighted by atomic mass is 10.2. The fraction of sp³-hybridized carbons (Fsp3) is 0.125. The molecule has 7 nitrogen and oxygen atoms in total. The Morgan fingerprint density at radius 3 is 2.15 bits per heavy atom. The van der Waals surface area contributed by atoms with E-state index in [2.05, 4.69) is 14.8 Å². The maximum Gasteiger partial charge on any atom is 0.339 e. The number of hydrogen-bond donors (Lipinski definition) is 2. The summed E-state index contributed by atoms with van der Waals surface area (Å²) >= 11 is 11.7. The third-order valence-corrected chi connectivity index (χ3v) is 5.23. The Morgan fingerprint density at radius 1 is 1.00 bits per heavy atom. The van der Waals surface area contributed by atoms with E-state index in [-0.39, 0.29) is 31.8 Å². The van der Waals surface area contributed by atoms with Gasteiger partial charge in [0.05, 0.1) is 23.9 Å². The van der Waals surface area contributed by atoms with Crippen molar-refractivity contribution in [1.82, 2.24) is 5.32 Å². The largest absolute Gasteiger partial charge is 0.465 e. The summed E-state index contributed by atoms with van der Waals surface area (Å²) in [4.78, 5) is 23.5. The van der Waals surface area contributed by atoms with Crippen molar-refractivity contribution in [3.8, 4) is 0 Å². The second kappa shape index (κ2) is 7.94. The van der Waals surface area contributed by atoms with Crippen LogP contribution in [0.4, 0.5) is 5.69 Å². The van der Waals surface area contributed by atoms with Crippen LogP contribution in [0, 0.1) is 0 Å². The van der Waals surface area contributed by atoms with Gasteiger partial charge in [0.1, 0.15) is 4.90 Å². The molecular weight excluding hydrogens is 403 g/mol. The molecular formula is C16H14Cl2N2O5S. The molecule has 0 aliphatic rings. The van der Waals surface area contributed by atoms with Gasteiger partial charge in [-0.1, -0.05) is 23.2 Å². The molecule has 0 radical (unpaired) electrons. The lowest BCUT2D eigenvalue weighted by molar-refractivity contribution is 0.0596. The van der Waals surface area contributed by atoms with E-state index >= 15 is 0 Å². The lowest BCUT2D eigenvalue weighted by Gasteiger charge is -2.14. The van der Waals surface area contributed by atoms with Crippen molar-refractivity contribution in [1.29, 1.82) is 0 Å².